The third kappa shape index (κ3) is 3.52. The number of halogens is 1. The summed E-state index contributed by atoms with van der Waals surface area (Å²) in [5.74, 6) is -0.659. The van der Waals surface area contributed by atoms with Crippen LogP contribution in [0.1, 0.15) is 10.5 Å². The molecule has 0 radical (unpaired) electrons. The van der Waals surface area contributed by atoms with Gasteiger partial charge < -0.3 is 14.2 Å². The van der Waals surface area contributed by atoms with E-state index in [0.29, 0.717) is 16.6 Å². The lowest BCUT2D eigenvalue weighted by Gasteiger charge is -2.22. The van der Waals surface area contributed by atoms with Crippen molar-refractivity contribution in [2.24, 2.45) is 0 Å². The Morgan fingerprint density at radius 1 is 1.31 bits per heavy atom. The Morgan fingerprint density at radius 3 is 2.69 bits per heavy atom. The molecule has 2 heterocycles. The Labute approximate surface area is 160 Å². The van der Waals surface area contributed by atoms with Gasteiger partial charge in [-0.25, -0.2) is 4.79 Å². The normalized spacial score (nSPS) is 10.7. The van der Waals surface area contributed by atoms with Crippen molar-refractivity contribution >= 4 is 50.7 Å². The lowest BCUT2D eigenvalue weighted by molar-refractivity contribution is -0.119. The van der Waals surface area contributed by atoms with Crippen molar-refractivity contribution in [2.75, 3.05) is 18.6 Å². The van der Waals surface area contributed by atoms with E-state index in [1.54, 1.807) is 27.7 Å². The monoisotopic (exact) mass is 388 g/mol. The maximum Gasteiger partial charge on any atom is 0.354 e. The molecule has 0 fully saturated rings. The molecule has 0 spiro atoms. The molecule has 0 saturated carbocycles. The van der Waals surface area contributed by atoms with Gasteiger partial charge in [0.05, 0.1) is 21.7 Å². The fourth-order valence-corrected chi connectivity index (χ4v) is 3.94. The number of nitrogens with zero attached hydrogens (tertiary/aromatic N) is 2. The fourth-order valence-electron chi connectivity index (χ4n) is 2.76. The number of para-hydroxylation sites is 1. The summed E-state index contributed by atoms with van der Waals surface area (Å²) in [6.45, 7) is 4.08. The number of methoxy groups -OCH3 is 1. The van der Waals surface area contributed by atoms with Crippen LogP contribution in [-0.2, 0) is 16.1 Å². The lowest BCUT2D eigenvalue weighted by atomic mass is 10.2. The first-order chi connectivity index (χ1) is 12.5. The molecule has 1 aromatic carbocycles. The quantitative estimate of drug-likeness (QED) is 0.465. The number of hydrogen-bond donors (Lipinski definition) is 0. The highest BCUT2D eigenvalue weighted by atomic mass is 35.5. The number of carbonyl (C=O) groups is 2. The molecule has 0 N–H and O–H groups in total. The van der Waals surface area contributed by atoms with Gasteiger partial charge in [-0.15, -0.1) is 17.9 Å². The second-order valence-corrected chi connectivity index (χ2v) is 7.25. The van der Waals surface area contributed by atoms with Crippen LogP contribution in [0.3, 0.4) is 0 Å². The van der Waals surface area contributed by atoms with E-state index in [4.69, 9.17) is 16.3 Å². The van der Waals surface area contributed by atoms with E-state index in [9.17, 15) is 9.59 Å². The zero-order chi connectivity index (χ0) is 18.7. The van der Waals surface area contributed by atoms with Gasteiger partial charge in [-0.05, 0) is 24.3 Å². The van der Waals surface area contributed by atoms with E-state index < -0.39 is 5.97 Å². The fraction of sp³-hybridized carbons (Fsp3) is 0.158. The van der Waals surface area contributed by atoms with Crippen LogP contribution in [0.15, 0.2) is 55.1 Å². The van der Waals surface area contributed by atoms with Crippen LogP contribution in [-0.4, -0.2) is 30.1 Å². The zero-order valence-corrected chi connectivity index (χ0v) is 15.7. The number of thiophene rings is 1. The highest BCUT2D eigenvalue weighted by Gasteiger charge is 2.22. The molecule has 7 heteroatoms. The summed E-state index contributed by atoms with van der Waals surface area (Å²) in [5.41, 5.74) is 1.83. The molecule has 0 aliphatic carbocycles. The third-order valence-corrected chi connectivity index (χ3v) is 5.13. The molecule has 26 heavy (non-hydrogen) atoms. The van der Waals surface area contributed by atoms with Gasteiger partial charge in [0.2, 0.25) is 5.91 Å². The number of ether oxygens (including phenoxy) is 1. The van der Waals surface area contributed by atoms with Gasteiger partial charge in [-0.3, -0.25) is 4.79 Å². The summed E-state index contributed by atoms with van der Waals surface area (Å²) in [7, 11) is 1.32. The summed E-state index contributed by atoms with van der Waals surface area (Å²) in [5, 5.41) is 0. The Bertz CT molecular complexity index is 962. The van der Waals surface area contributed by atoms with Crippen LogP contribution in [0.25, 0.3) is 10.2 Å². The first-order valence-electron chi connectivity index (χ1n) is 7.88. The second-order valence-electron chi connectivity index (χ2n) is 5.54. The molecule has 0 aliphatic heterocycles. The lowest BCUT2D eigenvalue weighted by Crippen LogP contribution is -2.34. The van der Waals surface area contributed by atoms with E-state index in [1.165, 1.54) is 18.4 Å². The molecule has 3 rings (SSSR count). The molecule has 0 unspecified atom stereocenters. The Morgan fingerprint density at radius 2 is 2.04 bits per heavy atom. The molecule has 0 saturated heterocycles. The predicted molar refractivity (Wildman–Crippen MR) is 105 cm³/mol. The third-order valence-electron chi connectivity index (χ3n) is 3.93. The van der Waals surface area contributed by atoms with Crippen molar-refractivity contribution in [2.45, 2.75) is 6.54 Å². The van der Waals surface area contributed by atoms with Crippen molar-refractivity contribution in [3.63, 3.8) is 0 Å². The Balaban J connectivity index is 1.99. The largest absolute Gasteiger partial charge is 0.464 e. The average molecular weight is 389 g/mol. The van der Waals surface area contributed by atoms with Gasteiger partial charge in [-0.2, -0.15) is 0 Å². The SMILES string of the molecule is C=CCN(C(=O)Cn1c(C(=O)OC)cc2sc(Cl)cc21)c1ccccc1. The van der Waals surface area contributed by atoms with E-state index in [-0.39, 0.29) is 12.5 Å². The van der Waals surface area contributed by atoms with Crippen LogP contribution < -0.4 is 4.90 Å². The molecular weight excluding hydrogens is 372 g/mol. The van der Waals surface area contributed by atoms with Crippen LogP contribution in [0.5, 0.6) is 0 Å². The van der Waals surface area contributed by atoms with Crippen LogP contribution in [0.2, 0.25) is 4.34 Å². The van der Waals surface area contributed by atoms with Crippen LogP contribution >= 0.6 is 22.9 Å². The van der Waals surface area contributed by atoms with Crippen molar-refractivity contribution in [1.82, 2.24) is 4.57 Å². The molecular formula is C19H17ClN2O3S. The molecule has 0 atom stereocenters. The van der Waals surface area contributed by atoms with Gasteiger partial charge >= 0.3 is 5.97 Å². The summed E-state index contributed by atoms with van der Waals surface area (Å²) in [6, 6.07) is 12.8. The predicted octanol–water partition coefficient (Wildman–Crippen LogP) is 4.36. The summed E-state index contributed by atoms with van der Waals surface area (Å²) in [4.78, 5) is 26.7. The van der Waals surface area contributed by atoms with Crippen molar-refractivity contribution in [1.29, 1.82) is 0 Å². The van der Waals surface area contributed by atoms with Gasteiger partial charge in [0.15, 0.2) is 0 Å². The van der Waals surface area contributed by atoms with Crippen molar-refractivity contribution in [3.05, 3.63) is 65.1 Å². The number of aromatic nitrogens is 1. The number of benzene rings is 1. The van der Waals surface area contributed by atoms with E-state index in [1.807, 2.05) is 30.3 Å². The summed E-state index contributed by atoms with van der Waals surface area (Å²) >= 11 is 7.44. The first kappa shape index (κ1) is 18.2. The number of rotatable bonds is 6. The Kier molecular flexibility index (Phi) is 5.44. The molecule has 2 aromatic heterocycles. The molecule has 134 valence electrons. The van der Waals surface area contributed by atoms with Gasteiger partial charge in [0.25, 0.3) is 0 Å². The molecule has 0 bridgehead atoms. The van der Waals surface area contributed by atoms with Crippen molar-refractivity contribution < 1.29 is 14.3 Å². The van der Waals surface area contributed by atoms with E-state index in [0.717, 1.165) is 15.9 Å². The molecule has 5 nitrogen and oxygen atoms in total. The highest BCUT2D eigenvalue weighted by molar-refractivity contribution is 7.22. The van der Waals surface area contributed by atoms with Crippen LogP contribution in [0, 0.1) is 0 Å². The standard InChI is InChI=1S/C19H17ClN2O3S/c1-3-9-21(13-7-5-4-6-8-13)18(23)12-22-14-11-17(20)26-16(14)10-15(22)19(24)25-2/h3-8,10-11H,1,9,12H2,2H3. The minimum Gasteiger partial charge on any atom is -0.464 e. The van der Waals surface area contributed by atoms with Crippen molar-refractivity contribution in [3.8, 4) is 0 Å². The van der Waals surface area contributed by atoms with Gasteiger partial charge in [0, 0.05) is 12.2 Å². The maximum atomic E-state index is 13.0. The van der Waals surface area contributed by atoms with Gasteiger partial charge in [0.1, 0.15) is 12.2 Å². The Hall–Kier alpha value is -2.57. The number of hydrogen-bond acceptors (Lipinski definition) is 4. The minimum absolute atomic E-state index is 0.0102. The number of anilines is 1. The second kappa shape index (κ2) is 7.76. The topological polar surface area (TPSA) is 51.5 Å². The minimum atomic E-state index is -0.493. The highest BCUT2D eigenvalue weighted by Crippen LogP contribution is 2.32. The van der Waals surface area contributed by atoms with Crippen LogP contribution in [0.4, 0.5) is 5.69 Å². The smallest absolute Gasteiger partial charge is 0.354 e. The number of esters is 1. The molecule has 0 aliphatic rings. The molecule has 1 amide bonds. The average Bonchev–Trinajstić information content (AvgIpc) is 3.16. The summed E-state index contributed by atoms with van der Waals surface area (Å²) < 4.78 is 7.92. The first-order valence-corrected chi connectivity index (χ1v) is 9.07. The molecule has 3 aromatic rings. The number of amides is 1. The van der Waals surface area contributed by atoms with E-state index >= 15 is 0 Å². The zero-order valence-electron chi connectivity index (χ0n) is 14.1. The van der Waals surface area contributed by atoms with Gasteiger partial charge in [-0.1, -0.05) is 35.9 Å². The van der Waals surface area contributed by atoms with E-state index in [2.05, 4.69) is 6.58 Å². The number of carbonyl (C=O) groups excluding carboxylic acids is 2. The summed E-state index contributed by atoms with van der Waals surface area (Å²) in [6.07, 6.45) is 1.67. The maximum absolute atomic E-state index is 13.0. The number of fused-ring (bicyclic) bond motifs is 1.